The molecule has 0 heterocycles. The summed E-state index contributed by atoms with van der Waals surface area (Å²) < 4.78 is 4.58. The Morgan fingerprint density at radius 2 is 2.05 bits per heavy atom. The Labute approximate surface area is 123 Å². The molecule has 0 spiro atoms. The number of aliphatic hydroxyl groups excluding tert-OH is 1. The summed E-state index contributed by atoms with van der Waals surface area (Å²) in [4.78, 5) is 23.1. The van der Waals surface area contributed by atoms with E-state index in [1.807, 2.05) is 36.4 Å². The molecule has 1 unspecified atom stereocenters. The minimum Gasteiger partial charge on any atom is -0.469 e. The Hall–Kier alpha value is -2.20. The molecule has 4 heteroatoms. The number of hydrogen-bond acceptors (Lipinski definition) is 4. The number of methoxy groups -OCH3 is 1. The van der Waals surface area contributed by atoms with Gasteiger partial charge in [0.05, 0.1) is 13.2 Å². The van der Waals surface area contributed by atoms with Gasteiger partial charge in [-0.25, -0.2) is 0 Å². The fraction of sp³-hybridized carbons (Fsp3) is 0.294. The van der Waals surface area contributed by atoms with Crippen molar-refractivity contribution in [2.45, 2.75) is 25.4 Å². The van der Waals surface area contributed by atoms with E-state index in [4.69, 9.17) is 0 Å². The van der Waals surface area contributed by atoms with Gasteiger partial charge in [0.15, 0.2) is 5.78 Å². The van der Waals surface area contributed by atoms with Crippen molar-refractivity contribution in [1.82, 2.24) is 0 Å². The summed E-state index contributed by atoms with van der Waals surface area (Å²) in [6.45, 7) is 0. The Morgan fingerprint density at radius 1 is 1.33 bits per heavy atom. The average Bonchev–Trinajstić information content (AvgIpc) is 2.77. The number of aliphatic hydroxyl groups is 1. The van der Waals surface area contributed by atoms with Crippen molar-refractivity contribution >= 4 is 17.8 Å². The van der Waals surface area contributed by atoms with E-state index in [0.29, 0.717) is 17.6 Å². The zero-order valence-electron chi connectivity index (χ0n) is 11.9. The van der Waals surface area contributed by atoms with Crippen LogP contribution in [0.25, 0.3) is 6.08 Å². The Bertz CT molecular complexity index is 584. The topological polar surface area (TPSA) is 63.6 Å². The number of rotatable bonds is 5. The van der Waals surface area contributed by atoms with Crippen molar-refractivity contribution in [1.29, 1.82) is 0 Å². The van der Waals surface area contributed by atoms with E-state index in [9.17, 15) is 14.7 Å². The van der Waals surface area contributed by atoms with Gasteiger partial charge >= 0.3 is 5.97 Å². The van der Waals surface area contributed by atoms with Crippen molar-refractivity contribution in [2.75, 3.05) is 7.11 Å². The zero-order chi connectivity index (χ0) is 15.2. The van der Waals surface area contributed by atoms with Crippen LogP contribution in [0, 0.1) is 0 Å². The first-order chi connectivity index (χ1) is 10.1. The number of ether oxygens (including phenoxy) is 1. The van der Waals surface area contributed by atoms with Crippen molar-refractivity contribution < 1.29 is 19.4 Å². The third-order valence-corrected chi connectivity index (χ3v) is 3.48. The molecular weight excluding hydrogens is 268 g/mol. The first-order valence-corrected chi connectivity index (χ1v) is 6.86. The summed E-state index contributed by atoms with van der Waals surface area (Å²) in [5.74, 6) is -0.456. The third-order valence-electron chi connectivity index (χ3n) is 3.48. The standard InChI is InChI=1S/C17H18O4/c1-21-17(20)10-9-14-13(15(18)11-16(14)19)8-7-12-5-3-2-4-6-12/h2-8,15,18H,9-11H2,1H3/b8-7+. The van der Waals surface area contributed by atoms with Gasteiger partial charge in [-0.15, -0.1) is 0 Å². The van der Waals surface area contributed by atoms with Crippen molar-refractivity contribution in [3.63, 3.8) is 0 Å². The average molecular weight is 286 g/mol. The quantitative estimate of drug-likeness (QED) is 0.843. The van der Waals surface area contributed by atoms with Crippen LogP contribution in [0.15, 0.2) is 47.6 Å². The highest BCUT2D eigenvalue weighted by molar-refractivity contribution is 6.00. The number of esters is 1. The molecule has 4 nitrogen and oxygen atoms in total. The second-order valence-corrected chi connectivity index (χ2v) is 4.90. The lowest BCUT2D eigenvalue weighted by Crippen LogP contribution is -2.04. The highest BCUT2D eigenvalue weighted by Crippen LogP contribution is 2.28. The number of ketones is 1. The predicted molar refractivity (Wildman–Crippen MR) is 79.4 cm³/mol. The molecule has 1 aliphatic rings. The minimum atomic E-state index is -0.787. The lowest BCUT2D eigenvalue weighted by atomic mass is 10.0. The molecule has 0 saturated carbocycles. The molecule has 0 fully saturated rings. The lowest BCUT2D eigenvalue weighted by Gasteiger charge is -2.05. The molecule has 0 aromatic heterocycles. The van der Waals surface area contributed by atoms with Crippen LogP contribution < -0.4 is 0 Å². The van der Waals surface area contributed by atoms with Gasteiger partial charge in [-0.05, 0) is 17.6 Å². The summed E-state index contributed by atoms with van der Waals surface area (Å²) >= 11 is 0. The lowest BCUT2D eigenvalue weighted by molar-refractivity contribution is -0.140. The number of carbonyl (C=O) groups excluding carboxylic acids is 2. The fourth-order valence-corrected chi connectivity index (χ4v) is 2.35. The van der Waals surface area contributed by atoms with Gasteiger partial charge in [-0.2, -0.15) is 0 Å². The molecule has 1 aromatic carbocycles. The smallest absolute Gasteiger partial charge is 0.305 e. The van der Waals surface area contributed by atoms with Crippen LogP contribution >= 0.6 is 0 Å². The largest absolute Gasteiger partial charge is 0.469 e. The van der Waals surface area contributed by atoms with Gasteiger partial charge in [0, 0.05) is 18.4 Å². The summed E-state index contributed by atoms with van der Waals surface area (Å²) in [6.07, 6.45) is 3.37. The van der Waals surface area contributed by atoms with Crippen LogP contribution in [0.4, 0.5) is 0 Å². The van der Waals surface area contributed by atoms with E-state index in [0.717, 1.165) is 5.56 Å². The Morgan fingerprint density at radius 3 is 2.71 bits per heavy atom. The molecule has 0 aliphatic heterocycles. The van der Waals surface area contributed by atoms with Crippen LogP contribution in [0.3, 0.4) is 0 Å². The normalized spacial score (nSPS) is 18.6. The van der Waals surface area contributed by atoms with E-state index < -0.39 is 6.10 Å². The predicted octanol–water partition coefficient (Wildman–Crippen LogP) is 2.28. The molecular formula is C17H18O4. The first kappa shape index (κ1) is 15.2. The van der Waals surface area contributed by atoms with Gasteiger partial charge in [0.2, 0.25) is 0 Å². The Kier molecular flexibility index (Phi) is 5.06. The van der Waals surface area contributed by atoms with Gasteiger partial charge in [0.1, 0.15) is 0 Å². The summed E-state index contributed by atoms with van der Waals surface area (Å²) in [7, 11) is 1.32. The van der Waals surface area contributed by atoms with Crippen molar-refractivity contribution in [2.24, 2.45) is 0 Å². The zero-order valence-corrected chi connectivity index (χ0v) is 11.9. The monoisotopic (exact) mass is 286 g/mol. The second-order valence-electron chi connectivity index (χ2n) is 4.90. The van der Waals surface area contributed by atoms with Gasteiger partial charge in [-0.3, -0.25) is 9.59 Å². The number of Topliss-reactive ketones (excluding diaryl/α,β-unsaturated/α-hetero) is 1. The maximum absolute atomic E-state index is 11.9. The molecule has 21 heavy (non-hydrogen) atoms. The first-order valence-electron chi connectivity index (χ1n) is 6.86. The van der Waals surface area contributed by atoms with Crippen LogP contribution in [-0.4, -0.2) is 30.1 Å². The van der Waals surface area contributed by atoms with Crippen LogP contribution in [0.2, 0.25) is 0 Å². The third kappa shape index (κ3) is 3.89. The van der Waals surface area contributed by atoms with Crippen LogP contribution in [0.5, 0.6) is 0 Å². The molecule has 1 aliphatic carbocycles. The Balaban J connectivity index is 2.18. The number of allylic oxidation sites excluding steroid dienone is 1. The van der Waals surface area contributed by atoms with E-state index in [-0.39, 0.29) is 24.6 Å². The SMILES string of the molecule is COC(=O)CCC1=C(/C=C/c2ccccc2)C(O)CC1=O. The highest BCUT2D eigenvalue weighted by Gasteiger charge is 2.29. The van der Waals surface area contributed by atoms with Crippen molar-refractivity contribution in [3.8, 4) is 0 Å². The van der Waals surface area contributed by atoms with Crippen LogP contribution in [0.1, 0.15) is 24.8 Å². The molecule has 0 saturated heterocycles. The fourth-order valence-electron chi connectivity index (χ4n) is 2.35. The second kappa shape index (κ2) is 6.99. The van der Waals surface area contributed by atoms with Gasteiger partial charge in [-0.1, -0.05) is 42.5 Å². The van der Waals surface area contributed by atoms with E-state index in [1.54, 1.807) is 6.08 Å². The van der Waals surface area contributed by atoms with Crippen LogP contribution in [-0.2, 0) is 14.3 Å². The number of carbonyl (C=O) groups is 2. The van der Waals surface area contributed by atoms with E-state index in [2.05, 4.69) is 4.74 Å². The molecule has 0 radical (unpaired) electrons. The van der Waals surface area contributed by atoms with Gasteiger partial charge < -0.3 is 9.84 Å². The summed E-state index contributed by atoms with van der Waals surface area (Å²) in [6, 6.07) is 9.64. The van der Waals surface area contributed by atoms with Gasteiger partial charge in [0.25, 0.3) is 0 Å². The number of benzene rings is 1. The molecule has 2 rings (SSSR count). The molecule has 1 atom stereocenters. The maximum atomic E-state index is 11.9. The molecule has 1 N–H and O–H groups in total. The molecule has 1 aromatic rings. The molecule has 110 valence electrons. The summed E-state index contributed by atoms with van der Waals surface area (Å²) in [5, 5.41) is 9.98. The number of hydrogen-bond donors (Lipinski definition) is 1. The summed E-state index contributed by atoms with van der Waals surface area (Å²) in [5.41, 5.74) is 2.12. The minimum absolute atomic E-state index is 0.0883. The van der Waals surface area contributed by atoms with Crippen molar-refractivity contribution in [3.05, 3.63) is 53.1 Å². The molecule has 0 amide bonds. The molecule has 0 bridgehead atoms. The maximum Gasteiger partial charge on any atom is 0.305 e. The van der Waals surface area contributed by atoms with E-state index in [1.165, 1.54) is 7.11 Å². The highest BCUT2D eigenvalue weighted by atomic mass is 16.5. The van der Waals surface area contributed by atoms with E-state index >= 15 is 0 Å².